The Labute approximate surface area is 150 Å². The number of rotatable bonds is 8. The zero-order valence-electron chi connectivity index (χ0n) is 14.6. The number of benzene rings is 1. The van der Waals surface area contributed by atoms with Gasteiger partial charge in [-0.3, -0.25) is 4.79 Å². The molecule has 0 aliphatic carbocycles. The van der Waals surface area contributed by atoms with Crippen molar-refractivity contribution >= 4 is 18.3 Å². The number of nitrogens with one attached hydrogen (secondary N) is 2. The molecule has 0 bridgehead atoms. The van der Waals surface area contributed by atoms with Crippen molar-refractivity contribution in [2.24, 2.45) is 5.92 Å². The zero-order chi connectivity index (χ0) is 16.5. The predicted octanol–water partition coefficient (Wildman–Crippen LogP) is 2.91. The lowest BCUT2D eigenvalue weighted by atomic mass is 9.93. The molecule has 1 fully saturated rings. The minimum atomic E-state index is 0. The van der Waals surface area contributed by atoms with Crippen molar-refractivity contribution in [1.82, 2.24) is 10.6 Å². The lowest BCUT2D eigenvalue weighted by molar-refractivity contribution is -0.121. The Morgan fingerprint density at radius 3 is 2.71 bits per heavy atom. The fraction of sp³-hybridized carbons (Fsp3) is 0.611. The van der Waals surface area contributed by atoms with E-state index in [4.69, 9.17) is 9.47 Å². The maximum absolute atomic E-state index is 12.0. The standard InChI is InChI=1S/C18H28N2O3.ClH/c1-3-23-17-12-15(4-6-16(17)22-2)13-20-18(21)7-5-14-8-10-19-11-9-14;/h4,6,12,14,19H,3,5,7-11,13H2,1-2H3,(H,20,21);1H. The van der Waals surface area contributed by atoms with Gasteiger partial charge in [0.2, 0.25) is 5.91 Å². The third kappa shape index (κ3) is 6.57. The molecular weight excluding hydrogens is 328 g/mol. The van der Waals surface area contributed by atoms with Crippen LogP contribution in [0.2, 0.25) is 0 Å². The van der Waals surface area contributed by atoms with Gasteiger partial charge in [0.05, 0.1) is 13.7 Å². The minimum Gasteiger partial charge on any atom is -0.493 e. The van der Waals surface area contributed by atoms with Crippen LogP contribution in [0.3, 0.4) is 0 Å². The van der Waals surface area contributed by atoms with Gasteiger partial charge in [-0.05, 0) is 62.9 Å². The maximum Gasteiger partial charge on any atom is 0.220 e. The fourth-order valence-electron chi connectivity index (χ4n) is 2.89. The van der Waals surface area contributed by atoms with E-state index in [-0.39, 0.29) is 18.3 Å². The molecule has 0 unspecified atom stereocenters. The number of halogens is 1. The topological polar surface area (TPSA) is 59.6 Å². The average molecular weight is 357 g/mol. The second-order valence-electron chi connectivity index (χ2n) is 5.93. The number of amides is 1. The molecule has 0 saturated carbocycles. The second-order valence-corrected chi connectivity index (χ2v) is 5.93. The Hall–Kier alpha value is -1.46. The first-order valence-corrected chi connectivity index (χ1v) is 8.50. The van der Waals surface area contributed by atoms with Crippen LogP contribution >= 0.6 is 12.4 Å². The van der Waals surface area contributed by atoms with Crippen molar-refractivity contribution in [1.29, 1.82) is 0 Å². The molecule has 0 aromatic heterocycles. The van der Waals surface area contributed by atoms with Crippen molar-refractivity contribution in [3.05, 3.63) is 23.8 Å². The summed E-state index contributed by atoms with van der Waals surface area (Å²) < 4.78 is 10.8. The molecule has 1 aromatic carbocycles. The predicted molar refractivity (Wildman–Crippen MR) is 98.1 cm³/mol. The molecule has 0 radical (unpaired) electrons. The molecule has 1 aliphatic heterocycles. The van der Waals surface area contributed by atoms with Crippen LogP contribution in [0.1, 0.15) is 38.2 Å². The summed E-state index contributed by atoms with van der Waals surface area (Å²) in [6.45, 7) is 5.21. The van der Waals surface area contributed by atoms with E-state index in [2.05, 4.69) is 10.6 Å². The van der Waals surface area contributed by atoms with Gasteiger partial charge in [-0.2, -0.15) is 0 Å². The van der Waals surface area contributed by atoms with E-state index in [0.717, 1.165) is 30.8 Å². The first kappa shape index (κ1) is 20.6. The normalized spacial score (nSPS) is 14.6. The molecule has 1 aliphatic rings. The van der Waals surface area contributed by atoms with Crippen LogP contribution in [-0.4, -0.2) is 32.7 Å². The summed E-state index contributed by atoms with van der Waals surface area (Å²) in [4.78, 5) is 12.0. The van der Waals surface area contributed by atoms with E-state index in [1.54, 1.807) is 7.11 Å². The number of hydrogen-bond acceptors (Lipinski definition) is 4. The molecule has 0 atom stereocenters. The number of methoxy groups -OCH3 is 1. The van der Waals surface area contributed by atoms with Gasteiger partial charge in [0.1, 0.15) is 0 Å². The van der Waals surface area contributed by atoms with Crippen molar-refractivity contribution in [2.75, 3.05) is 26.8 Å². The number of carbonyl (C=O) groups excluding carboxylic acids is 1. The number of piperidine rings is 1. The highest BCUT2D eigenvalue weighted by atomic mass is 35.5. The minimum absolute atomic E-state index is 0. The molecule has 1 aromatic rings. The van der Waals surface area contributed by atoms with Gasteiger partial charge in [-0.1, -0.05) is 6.07 Å². The van der Waals surface area contributed by atoms with E-state index < -0.39 is 0 Å². The van der Waals surface area contributed by atoms with Crippen molar-refractivity contribution in [3.8, 4) is 11.5 Å². The van der Waals surface area contributed by atoms with Crippen LogP contribution in [-0.2, 0) is 11.3 Å². The van der Waals surface area contributed by atoms with Crippen LogP contribution in [0, 0.1) is 5.92 Å². The summed E-state index contributed by atoms with van der Waals surface area (Å²) in [6.07, 6.45) is 3.96. The summed E-state index contributed by atoms with van der Waals surface area (Å²) in [5.41, 5.74) is 1.02. The van der Waals surface area contributed by atoms with Gasteiger partial charge in [0, 0.05) is 13.0 Å². The van der Waals surface area contributed by atoms with Gasteiger partial charge < -0.3 is 20.1 Å². The summed E-state index contributed by atoms with van der Waals surface area (Å²) >= 11 is 0. The molecule has 1 amide bonds. The van der Waals surface area contributed by atoms with Crippen molar-refractivity contribution < 1.29 is 14.3 Å². The highest BCUT2D eigenvalue weighted by molar-refractivity contribution is 5.85. The number of ether oxygens (including phenoxy) is 2. The van der Waals surface area contributed by atoms with Gasteiger partial charge in [-0.15, -0.1) is 12.4 Å². The molecule has 2 rings (SSSR count). The van der Waals surface area contributed by atoms with E-state index in [0.29, 0.717) is 31.2 Å². The van der Waals surface area contributed by atoms with E-state index in [1.807, 2.05) is 25.1 Å². The first-order valence-electron chi connectivity index (χ1n) is 8.50. The Morgan fingerprint density at radius 1 is 1.29 bits per heavy atom. The molecule has 136 valence electrons. The van der Waals surface area contributed by atoms with E-state index in [9.17, 15) is 4.79 Å². The summed E-state index contributed by atoms with van der Waals surface area (Å²) in [6, 6.07) is 5.76. The summed E-state index contributed by atoms with van der Waals surface area (Å²) in [5, 5.41) is 6.35. The smallest absolute Gasteiger partial charge is 0.220 e. The summed E-state index contributed by atoms with van der Waals surface area (Å²) in [7, 11) is 1.63. The largest absolute Gasteiger partial charge is 0.493 e. The average Bonchev–Trinajstić information content (AvgIpc) is 2.59. The van der Waals surface area contributed by atoms with Gasteiger partial charge in [0.25, 0.3) is 0 Å². The number of hydrogen-bond donors (Lipinski definition) is 2. The Kier molecular flexibility index (Phi) is 9.57. The van der Waals surface area contributed by atoms with Crippen LogP contribution in [0.25, 0.3) is 0 Å². The monoisotopic (exact) mass is 356 g/mol. The third-order valence-corrected chi connectivity index (χ3v) is 4.26. The Morgan fingerprint density at radius 2 is 2.04 bits per heavy atom. The Balaban J connectivity index is 0.00000288. The van der Waals surface area contributed by atoms with Crippen LogP contribution in [0.4, 0.5) is 0 Å². The quantitative estimate of drug-likeness (QED) is 0.752. The zero-order valence-corrected chi connectivity index (χ0v) is 15.4. The lowest BCUT2D eigenvalue weighted by Gasteiger charge is -2.22. The van der Waals surface area contributed by atoms with E-state index in [1.165, 1.54) is 12.8 Å². The fourth-order valence-corrected chi connectivity index (χ4v) is 2.89. The Bertz CT molecular complexity index is 505. The SMILES string of the molecule is CCOc1cc(CNC(=O)CCC2CCNCC2)ccc1OC.Cl. The molecule has 6 heteroatoms. The van der Waals surface area contributed by atoms with Gasteiger partial charge in [0.15, 0.2) is 11.5 Å². The van der Waals surface area contributed by atoms with Crippen molar-refractivity contribution in [3.63, 3.8) is 0 Å². The maximum atomic E-state index is 12.0. The first-order chi connectivity index (χ1) is 11.2. The number of carbonyl (C=O) groups is 1. The molecule has 5 nitrogen and oxygen atoms in total. The molecule has 1 saturated heterocycles. The molecule has 2 N–H and O–H groups in total. The lowest BCUT2D eigenvalue weighted by Crippen LogP contribution is -2.29. The molecule has 1 heterocycles. The molecular formula is C18H29ClN2O3. The summed E-state index contributed by atoms with van der Waals surface area (Å²) in [5.74, 6) is 2.24. The molecule has 0 spiro atoms. The second kappa shape index (κ2) is 11.2. The van der Waals surface area contributed by atoms with E-state index >= 15 is 0 Å². The highest BCUT2D eigenvalue weighted by Gasteiger charge is 2.14. The van der Waals surface area contributed by atoms with Gasteiger partial charge in [-0.25, -0.2) is 0 Å². The molecule has 24 heavy (non-hydrogen) atoms. The van der Waals surface area contributed by atoms with Crippen molar-refractivity contribution in [2.45, 2.75) is 39.2 Å². The highest BCUT2D eigenvalue weighted by Crippen LogP contribution is 2.28. The van der Waals surface area contributed by atoms with Crippen LogP contribution in [0.15, 0.2) is 18.2 Å². The van der Waals surface area contributed by atoms with Gasteiger partial charge >= 0.3 is 0 Å². The van der Waals surface area contributed by atoms with Crippen LogP contribution < -0.4 is 20.1 Å². The van der Waals surface area contributed by atoms with Crippen LogP contribution in [0.5, 0.6) is 11.5 Å². The third-order valence-electron chi connectivity index (χ3n) is 4.26.